The summed E-state index contributed by atoms with van der Waals surface area (Å²) >= 11 is 3.37. The zero-order valence-corrected chi connectivity index (χ0v) is 27.1. The smallest absolute Gasteiger partial charge is 0.352 e. The number of nitrogens with two attached hydrogens (primary N) is 1. The Labute approximate surface area is 287 Å². The number of hydrogen-bond donors (Lipinski definition) is 6. The van der Waals surface area contributed by atoms with Gasteiger partial charge in [-0.3, -0.25) is 14.5 Å². The lowest BCUT2D eigenvalue weighted by Gasteiger charge is -2.49. The van der Waals surface area contributed by atoms with Crippen molar-refractivity contribution < 1.29 is 48.9 Å². The van der Waals surface area contributed by atoms with Gasteiger partial charge in [-0.15, -0.1) is 33.3 Å². The first-order valence-electron chi connectivity index (χ1n) is 13.9. The second-order valence-electron chi connectivity index (χ2n) is 10.3. The summed E-state index contributed by atoms with van der Waals surface area (Å²) in [5.74, 6) is -4.14. The number of nitrogen functional groups attached to an aromatic ring is 1. The van der Waals surface area contributed by atoms with Crippen molar-refractivity contribution >= 4 is 69.5 Å². The normalized spacial score (nSPS) is 17.3. The summed E-state index contributed by atoms with van der Waals surface area (Å²) in [7, 11) is 0. The standard InChI is InChI=1S/C29H23N7O10S3/c30-28-31-16(11-48-28)19(35-45-8-12-1-3-13(4-2-12)26(41)42)22(39)32-20-24(40)36-21(27(43)44)15(9-47-25(20)36)10-49-29-34-33-23(46-29)14-5-6-17(37)18(38)7-14/h1-7,11,20,25,37-38H,8-10H2,(H2,30,31)(H,32,39)(H,41,42)(H,43,44)/b35-19-/t20-,25-/m1/s1. The molecule has 2 atom stereocenters. The van der Waals surface area contributed by atoms with E-state index in [4.69, 9.17) is 20.1 Å². The van der Waals surface area contributed by atoms with Crippen molar-refractivity contribution in [3.8, 4) is 23.0 Å². The van der Waals surface area contributed by atoms with Crippen molar-refractivity contribution in [2.75, 3.05) is 17.2 Å². The molecule has 6 rings (SSSR count). The van der Waals surface area contributed by atoms with Gasteiger partial charge in [0.2, 0.25) is 5.89 Å². The number of aromatic hydroxyl groups is 2. The lowest BCUT2D eigenvalue weighted by Crippen LogP contribution is -2.71. The SMILES string of the molecule is Nc1nc(/C(=N/OCc2ccc(C(=O)O)cc2)C(=O)N[C@@H]2C(=O)N3C(C(=O)O)=C(CSc4nnc(-c5ccc(O)c(O)c5)o4)CS[C@H]23)cs1. The number of phenols is 2. The molecule has 1 saturated heterocycles. The van der Waals surface area contributed by atoms with E-state index in [2.05, 4.69) is 25.7 Å². The molecule has 0 aliphatic carbocycles. The minimum Gasteiger partial charge on any atom is -0.504 e. The van der Waals surface area contributed by atoms with E-state index in [0.717, 1.165) is 28.0 Å². The van der Waals surface area contributed by atoms with Gasteiger partial charge in [-0.05, 0) is 41.5 Å². The van der Waals surface area contributed by atoms with Gasteiger partial charge in [-0.25, -0.2) is 14.6 Å². The number of fused-ring (bicyclic) bond motifs is 1. The third kappa shape index (κ3) is 7.00. The number of carboxylic acids is 2. The van der Waals surface area contributed by atoms with Crippen molar-refractivity contribution in [3.05, 3.63) is 75.9 Å². The van der Waals surface area contributed by atoms with Crippen molar-refractivity contribution in [3.63, 3.8) is 0 Å². The van der Waals surface area contributed by atoms with E-state index in [0.29, 0.717) is 16.7 Å². The molecule has 2 aromatic carbocycles. The number of oxime groups is 1. The molecular formula is C29H23N7O10S3. The summed E-state index contributed by atoms with van der Waals surface area (Å²) in [5, 5.41) is 53.8. The zero-order valence-electron chi connectivity index (χ0n) is 24.7. The molecule has 0 bridgehead atoms. The van der Waals surface area contributed by atoms with E-state index in [1.165, 1.54) is 59.6 Å². The first-order chi connectivity index (χ1) is 23.5. The number of thioether (sulfide) groups is 2. The van der Waals surface area contributed by atoms with E-state index >= 15 is 0 Å². The monoisotopic (exact) mass is 725 g/mol. The summed E-state index contributed by atoms with van der Waals surface area (Å²) in [4.78, 5) is 60.7. The Morgan fingerprint density at radius 1 is 1.10 bits per heavy atom. The first-order valence-corrected chi connectivity index (χ1v) is 16.8. The number of aromatic carboxylic acids is 1. The van der Waals surface area contributed by atoms with Crippen LogP contribution in [0.2, 0.25) is 0 Å². The molecule has 7 N–H and O–H groups in total. The maximum Gasteiger partial charge on any atom is 0.352 e. The molecule has 20 heteroatoms. The predicted molar refractivity (Wildman–Crippen MR) is 175 cm³/mol. The number of hydrogen-bond acceptors (Lipinski definition) is 16. The van der Waals surface area contributed by atoms with Gasteiger partial charge in [0.15, 0.2) is 22.3 Å². The summed E-state index contributed by atoms with van der Waals surface area (Å²) in [5.41, 5.74) is 6.82. The highest BCUT2D eigenvalue weighted by molar-refractivity contribution is 8.01. The van der Waals surface area contributed by atoms with Gasteiger partial charge in [-0.1, -0.05) is 29.1 Å². The molecule has 4 heterocycles. The number of aromatic nitrogens is 3. The van der Waals surface area contributed by atoms with E-state index in [-0.39, 0.29) is 68.5 Å². The average Bonchev–Trinajstić information content (AvgIpc) is 3.74. The lowest BCUT2D eigenvalue weighted by molar-refractivity contribution is -0.150. The number of rotatable bonds is 12. The van der Waals surface area contributed by atoms with Crippen LogP contribution in [0.25, 0.3) is 11.5 Å². The molecule has 2 aromatic heterocycles. The molecule has 17 nitrogen and oxygen atoms in total. The Hall–Kier alpha value is -5.60. The van der Waals surface area contributed by atoms with Crippen LogP contribution in [0.5, 0.6) is 11.5 Å². The molecule has 0 unspecified atom stereocenters. The minimum atomic E-state index is -1.32. The number of anilines is 1. The van der Waals surface area contributed by atoms with E-state index < -0.39 is 35.2 Å². The molecule has 49 heavy (non-hydrogen) atoms. The fraction of sp³-hybridized carbons (Fsp3) is 0.172. The number of thiazole rings is 1. The zero-order chi connectivity index (χ0) is 34.8. The summed E-state index contributed by atoms with van der Waals surface area (Å²) in [6.45, 7) is -0.107. The first kappa shape index (κ1) is 33.3. The quantitative estimate of drug-likeness (QED) is 0.0402. The third-order valence-corrected chi connectivity index (χ3v) is 10.0. The number of benzene rings is 2. The number of nitrogens with zero attached hydrogens (tertiary/aromatic N) is 5. The second kappa shape index (κ2) is 13.9. The molecule has 2 aliphatic rings. The van der Waals surface area contributed by atoms with Crippen LogP contribution in [0.4, 0.5) is 5.13 Å². The van der Waals surface area contributed by atoms with Crippen LogP contribution in [-0.2, 0) is 25.8 Å². The van der Waals surface area contributed by atoms with Crippen LogP contribution < -0.4 is 11.1 Å². The summed E-state index contributed by atoms with van der Waals surface area (Å²) < 4.78 is 5.61. The maximum absolute atomic E-state index is 13.4. The highest BCUT2D eigenvalue weighted by Crippen LogP contribution is 2.42. The molecule has 1 fully saturated rings. The van der Waals surface area contributed by atoms with Crippen LogP contribution in [-0.4, -0.2) is 92.9 Å². The fourth-order valence-corrected chi connectivity index (χ4v) is 7.51. The molecule has 0 radical (unpaired) electrons. The number of β-lactam (4-membered cyclic amide) rings is 1. The molecule has 2 amide bonds. The Balaban J connectivity index is 1.13. The molecule has 0 spiro atoms. The molecule has 0 saturated carbocycles. The highest BCUT2D eigenvalue weighted by Gasteiger charge is 2.54. The van der Waals surface area contributed by atoms with Crippen LogP contribution >= 0.6 is 34.9 Å². The number of carboxylic acid groups (broad SMARTS) is 2. The van der Waals surface area contributed by atoms with Crippen molar-refractivity contribution in [1.29, 1.82) is 0 Å². The van der Waals surface area contributed by atoms with Crippen LogP contribution in [0.3, 0.4) is 0 Å². The van der Waals surface area contributed by atoms with Gasteiger partial charge in [0, 0.05) is 22.4 Å². The number of amides is 2. The Morgan fingerprint density at radius 3 is 2.55 bits per heavy atom. The van der Waals surface area contributed by atoms with Crippen LogP contribution in [0, 0.1) is 0 Å². The predicted octanol–water partition coefficient (Wildman–Crippen LogP) is 2.34. The molecule has 2 aliphatic heterocycles. The van der Waals surface area contributed by atoms with Gasteiger partial charge < -0.3 is 40.7 Å². The van der Waals surface area contributed by atoms with Crippen molar-refractivity contribution in [2.24, 2.45) is 5.16 Å². The lowest BCUT2D eigenvalue weighted by atomic mass is 10.0. The fourth-order valence-electron chi connectivity index (χ4n) is 4.71. The van der Waals surface area contributed by atoms with Crippen molar-refractivity contribution in [2.45, 2.75) is 23.2 Å². The number of carbonyl (C=O) groups excluding carboxylic acids is 2. The van der Waals surface area contributed by atoms with Crippen LogP contribution in [0.1, 0.15) is 21.6 Å². The van der Waals surface area contributed by atoms with E-state index in [1.807, 2.05) is 0 Å². The van der Waals surface area contributed by atoms with Gasteiger partial charge in [-0.2, -0.15) is 0 Å². The van der Waals surface area contributed by atoms with E-state index in [9.17, 15) is 34.5 Å². The van der Waals surface area contributed by atoms with Crippen LogP contribution in [0.15, 0.2) is 73.9 Å². The molecule has 4 aromatic rings. The largest absolute Gasteiger partial charge is 0.504 e. The minimum absolute atomic E-state index is 0.0721. The average molecular weight is 726 g/mol. The van der Waals surface area contributed by atoms with Gasteiger partial charge in [0.25, 0.3) is 17.0 Å². The third-order valence-electron chi connectivity index (χ3n) is 7.10. The van der Waals surface area contributed by atoms with Gasteiger partial charge >= 0.3 is 11.9 Å². The topological polar surface area (TPSA) is 264 Å². The number of phenolic OH excluding ortho intramolecular Hbond substituents is 2. The molecular weight excluding hydrogens is 703 g/mol. The Bertz CT molecular complexity index is 2030. The van der Waals surface area contributed by atoms with Gasteiger partial charge in [0.05, 0.1) is 5.56 Å². The molecule has 252 valence electrons. The summed E-state index contributed by atoms with van der Waals surface area (Å²) in [6, 6.07) is 8.78. The maximum atomic E-state index is 13.4. The second-order valence-corrected chi connectivity index (χ2v) is 13.2. The highest BCUT2D eigenvalue weighted by atomic mass is 32.2. The van der Waals surface area contributed by atoms with Crippen molar-refractivity contribution in [1.82, 2.24) is 25.4 Å². The Morgan fingerprint density at radius 2 is 1.88 bits per heavy atom. The number of aliphatic carboxylic acids is 1. The number of carbonyl (C=O) groups is 4. The van der Waals surface area contributed by atoms with E-state index in [1.54, 1.807) is 0 Å². The summed E-state index contributed by atoms with van der Waals surface area (Å²) in [6.07, 6.45) is 0. The number of nitrogens with one attached hydrogen (secondary N) is 1. The Kier molecular flexibility index (Phi) is 9.42. The van der Waals surface area contributed by atoms with Gasteiger partial charge in [0.1, 0.15) is 29.4 Å².